The van der Waals surface area contributed by atoms with Crippen LogP contribution in [0.3, 0.4) is 0 Å². The van der Waals surface area contributed by atoms with Crippen LogP contribution in [-0.2, 0) is 4.79 Å². The van der Waals surface area contributed by atoms with Gasteiger partial charge in [-0.1, -0.05) is 23.7 Å². The zero-order valence-electron chi connectivity index (χ0n) is 7.29. The Hall–Kier alpha value is -0.930. The first-order valence-electron chi connectivity index (χ1n) is 4.13. The molecular formula is C10H8ClNOS. The van der Waals surface area contributed by atoms with Gasteiger partial charge in [0, 0.05) is 5.02 Å². The average molecular weight is 226 g/mol. The van der Waals surface area contributed by atoms with Crippen molar-refractivity contribution in [3.63, 3.8) is 0 Å². The first kappa shape index (κ1) is 9.62. The number of nitrogens with one attached hydrogen (secondary N) is 1. The van der Waals surface area contributed by atoms with Gasteiger partial charge in [0.05, 0.1) is 11.4 Å². The van der Waals surface area contributed by atoms with E-state index < -0.39 is 0 Å². The molecule has 0 spiro atoms. The molecule has 14 heavy (non-hydrogen) atoms. The summed E-state index contributed by atoms with van der Waals surface area (Å²) in [6, 6.07) is 7.40. The number of halogens is 1. The Morgan fingerprint density at radius 2 is 2.00 bits per heavy atom. The second-order valence-corrected chi connectivity index (χ2v) is 4.19. The quantitative estimate of drug-likeness (QED) is 0.796. The molecular weight excluding hydrogens is 218 g/mol. The molecule has 72 valence electrons. The second kappa shape index (κ2) is 4.07. The zero-order valence-corrected chi connectivity index (χ0v) is 8.86. The third-order valence-electron chi connectivity index (χ3n) is 1.84. The lowest BCUT2D eigenvalue weighted by atomic mass is 10.2. The van der Waals surface area contributed by atoms with Gasteiger partial charge >= 0.3 is 0 Å². The topological polar surface area (TPSA) is 29.1 Å². The molecule has 1 N–H and O–H groups in total. The molecule has 0 saturated heterocycles. The van der Waals surface area contributed by atoms with Crippen LogP contribution < -0.4 is 5.32 Å². The second-order valence-electron chi connectivity index (χ2n) is 2.90. The lowest BCUT2D eigenvalue weighted by Gasteiger charge is -2.13. The zero-order chi connectivity index (χ0) is 9.97. The molecule has 2 nitrogen and oxygen atoms in total. The Kier molecular flexibility index (Phi) is 2.79. The maximum absolute atomic E-state index is 11.1. The van der Waals surface area contributed by atoms with Gasteiger partial charge in [0.1, 0.15) is 0 Å². The monoisotopic (exact) mass is 225 g/mol. The van der Waals surface area contributed by atoms with Crippen LogP contribution in [0.25, 0.3) is 5.70 Å². The van der Waals surface area contributed by atoms with E-state index in [1.54, 1.807) is 0 Å². The van der Waals surface area contributed by atoms with Gasteiger partial charge < -0.3 is 5.32 Å². The first-order chi connectivity index (χ1) is 6.75. The molecule has 0 aliphatic carbocycles. The van der Waals surface area contributed by atoms with Crippen LogP contribution in [0.1, 0.15) is 5.56 Å². The first-order valence-corrected chi connectivity index (χ1v) is 5.56. The predicted molar refractivity (Wildman–Crippen MR) is 60.0 cm³/mol. The molecule has 4 heteroatoms. The smallest absolute Gasteiger partial charge is 0.234 e. The van der Waals surface area contributed by atoms with Crippen molar-refractivity contribution in [1.29, 1.82) is 0 Å². The van der Waals surface area contributed by atoms with Crippen molar-refractivity contribution < 1.29 is 4.79 Å². The molecule has 2 rings (SSSR count). The van der Waals surface area contributed by atoms with Crippen LogP contribution in [0.4, 0.5) is 0 Å². The fourth-order valence-corrected chi connectivity index (χ4v) is 1.98. The molecule has 1 aromatic rings. The van der Waals surface area contributed by atoms with Crippen molar-refractivity contribution in [2.45, 2.75) is 0 Å². The van der Waals surface area contributed by atoms with Crippen LogP contribution in [0.15, 0.2) is 29.7 Å². The number of hydrogen-bond acceptors (Lipinski definition) is 2. The fourth-order valence-electron chi connectivity index (χ4n) is 1.19. The number of amides is 1. The van der Waals surface area contributed by atoms with Crippen molar-refractivity contribution in [3.8, 4) is 0 Å². The fraction of sp³-hybridized carbons (Fsp3) is 0.100. The van der Waals surface area contributed by atoms with E-state index in [4.69, 9.17) is 11.6 Å². The maximum Gasteiger partial charge on any atom is 0.234 e. The van der Waals surface area contributed by atoms with Crippen molar-refractivity contribution in [2.75, 3.05) is 5.75 Å². The average Bonchev–Trinajstić information content (AvgIpc) is 2.19. The van der Waals surface area contributed by atoms with E-state index in [1.165, 1.54) is 11.8 Å². The molecule has 1 amide bonds. The van der Waals surface area contributed by atoms with Crippen molar-refractivity contribution in [1.82, 2.24) is 5.32 Å². The van der Waals surface area contributed by atoms with E-state index in [1.807, 2.05) is 29.7 Å². The number of carbonyl (C=O) groups is 1. The highest BCUT2D eigenvalue weighted by molar-refractivity contribution is 8.03. The number of benzene rings is 1. The highest BCUT2D eigenvalue weighted by Crippen LogP contribution is 2.21. The minimum absolute atomic E-state index is 0.0439. The molecule has 0 bridgehead atoms. The third kappa shape index (κ3) is 2.11. The molecule has 0 aromatic heterocycles. The maximum atomic E-state index is 11.1. The highest BCUT2D eigenvalue weighted by atomic mass is 35.5. The van der Waals surface area contributed by atoms with Crippen LogP contribution in [0.2, 0.25) is 5.02 Å². The molecule has 0 fully saturated rings. The summed E-state index contributed by atoms with van der Waals surface area (Å²) in [5, 5.41) is 5.46. The van der Waals surface area contributed by atoms with Gasteiger partial charge in [0.15, 0.2) is 0 Å². The summed E-state index contributed by atoms with van der Waals surface area (Å²) < 4.78 is 0. The van der Waals surface area contributed by atoms with E-state index in [0.29, 0.717) is 10.8 Å². The summed E-state index contributed by atoms with van der Waals surface area (Å²) >= 11 is 7.27. The number of rotatable bonds is 1. The molecule has 1 aromatic carbocycles. The standard InChI is InChI=1S/C10H8ClNOS/c11-8-3-1-7(2-4-8)9-5-14-6-10(13)12-9/h1-5H,6H2,(H,12,13). The van der Waals surface area contributed by atoms with Crippen LogP contribution >= 0.6 is 23.4 Å². The Labute approximate surface area is 91.3 Å². The normalized spacial score (nSPS) is 16.1. The minimum atomic E-state index is 0.0439. The summed E-state index contributed by atoms with van der Waals surface area (Å²) in [7, 11) is 0. The lowest BCUT2D eigenvalue weighted by molar-refractivity contribution is -0.117. The van der Waals surface area contributed by atoms with Gasteiger partial charge in [0.25, 0.3) is 0 Å². The summed E-state index contributed by atoms with van der Waals surface area (Å²) in [6.07, 6.45) is 0. The van der Waals surface area contributed by atoms with Gasteiger partial charge in [-0.2, -0.15) is 0 Å². The third-order valence-corrected chi connectivity index (χ3v) is 2.93. The van der Waals surface area contributed by atoms with E-state index in [9.17, 15) is 4.79 Å². The summed E-state index contributed by atoms with van der Waals surface area (Å²) in [6.45, 7) is 0. The van der Waals surface area contributed by atoms with Gasteiger partial charge in [-0.15, -0.1) is 11.8 Å². The largest absolute Gasteiger partial charge is 0.324 e. The molecule has 0 radical (unpaired) electrons. The van der Waals surface area contributed by atoms with Crippen molar-refractivity contribution in [2.24, 2.45) is 0 Å². The van der Waals surface area contributed by atoms with Gasteiger partial charge in [-0.3, -0.25) is 4.79 Å². The Morgan fingerprint density at radius 3 is 2.64 bits per heavy atom. The number of thioether (sulfide) groups is 1. The highest BCUT2D eigenvalue weighted by Gasteiger charge is 2.11. The Balaban J connectivity index is 2.26. The number of carbonyl (C=O) groups excluding carboxylic acids is 1. The van der Waals surface area contributed by atoms with E-state index in [0.717, 1.165) is 11.3 Å². The van der Waals surface area contributed by atoms with Crippen molar-refractivity contribution in [3.05, 3.63) is 40.3 Å². The molecule has 1 aliphatic rings. The lowest BCUT2D eigenvalue weighted by Crippen LogP contribution is -2.26. The SMILES string of the molecule is O=C1CSC=C(c2ccc(Cl)cc2)N1. The summed E-state index contributed by atoms with van der Waals surface area (Å²) in [5.74, 6) is 0.541. The Bertz CT molecular complexity index is 386. The van der Waals surface area contributed by atoms with Crippen LogP contribution in [-0.4, -0.2) is 11.7 Å². The summed E-state index contributed by atoms with van der Waals surface area (Å²) in [5.41, 5.74) is 1.83. The molecule has 0 saturated carbocycles. The minimum Gasteiger partial charge on any atom is -0.324 e. The van der Waals surface area contributed by atoms with Crippen LogP contribution in [0.5, 0.6) is 0 Å². The van der Waals surface area contributed by atoms with E-state index in [2.05, 4.69) is 5.32 Å². The van der Waals surface area contributed by atoms with Crippen LogP contribution in [0, 0.1) is 0 Å². The summed E-state index contributed by atoms with van der Waals surface area (Å²) in [4.78, 5) is 11.1. The van der Waals surface area contributed by atoms with Gasteiger partial charge in [0.2, 0.25) is 5.91 Å². The molecule has 1 heterocycles. The van der Waals surface area contributed by atoms with Crippen molar-refractivity contribution >= 4 is 35.0 Å². The molecule has 0 atom stereocenters. The Morgan fingerprint density at radius 1 is 1.29 bits per heavy atom. The predicted octanol–water partition coefficient (Wildman–Crippen LogP) is 2.50. The van der Waals surface area contributed by atoms with Gasteiger partial charge in [-0.05, 0) is 23.1 Å². The van der Waals surface area contributed by atoms with Gasteiger partial charge in [-0.25, -0.2) is 0 Å². The molecule has 1 aliphatic heterocycles. The number of hydrogen-bond donors (Lipinski definition) is 1. The van der Waals surface area contributed by atoms with E-state index in [-0.39, 0.29) is 5.91 Å². The molecule has 0 unspecified atom stereocenters. The van der Waals surface area contributed by atoms with E-state index >= 15 is 0 Å².